The zero-order valence-electron chi connectivity index (χ0n) is 12.3. The number of rotatable bonds is 4. The summed E-state index contributed by atoms with van der Waals surface area (Å²) in [4.78, 5) is 0. The molecule has 0 spiro atoms. The van der Waals surface area contributed by atoms with Gasteiger partial charge in [0.2, 0.25) is 0 Å². The van der Waals surface area contributed by atoms with Crippen molar-refractivity contribution in [2.75, 3.05) is 13.7 Å². The molecular weight excluding hydrogens is 236 g/mol. The number of methoxy groups -OCH3 is 1. The standard InChI is InChI=1S/C16H26N2O/c1-11(2)12-7-8-15(19-3)13(10-12)16(17)14-6-4-5-9-18-14/h7-8,10-11,14,16,18H,4-6,9,17H2,1-3H3. The summed E-state index contributed by atoms with van der Waals surface area (Å²) in [6.07, 6.45) is 3.67. The Labute approximate surface area is 116 Å². The van der Waals surface area contributed by atoms with Gasteiger partial charge >= 0.3 is 0 Å². The third kappa shape index (κ3) is 3.28. The van der Waals surface area contributed by atoms with Gasteiger partial charge in [-0.1, -0.05) is 32.4 Å². The Morgan fingerprint density at radius 3 is 2.68 bits per heavy atom. The molecule has 0 radical (unpaired) electrons. The normalized spacial score (nSPS) is 21.4. The van der Waals surface area contributed by atoms with E-state index in [2.05, 4.69) is 31.3 Å². The Kier molecular flexibility index (Phi) is 4.83. The molecule has 1 aliphatic heterocycles. The van der Waals surface area contributed by atoms with Crippen LogP contribution in [0.3, 0.4) is 0 Å². The van der Waals surface area contributed by atoms with Crippen LogP contribution in [0, 0.1) is 0 Å². The first-order valence-electron chi connectivity index (χ1n) is 7.30. The Bertz CT molecular complexity index is 411. The van der Waals surface area contributed by atoms with E-state index in [1.165, 1.54) is 18.4 Å². The zero-order valence-corrected chi connectivity index (χ0v) is 12.3. The maximum absolute atomic E-state index is 6.47. The van der Waals surface area contributed by atoms with E-state index in [-0.39, 0.29) is 6.04 Å². The maximum Gasteiger partial charge on any atom is 0.123 e. The second-order valence-corrected chi connectivity index (χ2v) is 5.74. The molecule has 2 rings (SSSR count). The van der Waals surface area contributed by atoms with Crippen LogP contribution in [0.1, 0.15) is 56.2 Å². The highest BCUT2D eigenvalue weighted by Gasteiger charge is 2.24. The van der Waals surface area contributed by atoms with Crippen LogP contribution < -0.4 is 15.8 Å². The van der Waals surface area contributed by atoms with Crippen molar-refractivity contribution in [2.24, 2.45) is 5.73 Å². The Hall–Kier alpha value is -1.06. The first-order chi connectivity index (χ1) is 9.13. The summed E-state index contributed by atoms with van der Waals surface area (Å²) >= 11 is 0. The van der Waals surface area contributed by atoms with Crippen LogP contribution in [0.4, 0.5) is 0 Å². The van der Waals surface area contributed by atoms with Gasteiger partial charge in [-0.2, -0.15) is 0 Å². The summed E-state index contributed by atoms with van der Waals surface area (Å²) in [5.41, 5.74) is 8.93. The second kappa shape index (κ2) is 6.40. The number of piperidine rings is 1. The van der Waals surface area contributed by atoms with Crippen molar-refractivity contribution in [2.45, 2.75) is 51.1 Å². The molecule has 1 aromatic carbocycles. The molecule has 0 aromatic heterocycles. The van der Waals surface area contributed by atoms with Crippen LogP contribution >= 0.6 is 0 Å². The lowest BCUT2D eigenvalue weighted by Crippen LogP contribution is -2.42. The lowest BCUT2D eigenvalue weighted by atomic mass is 9.90. The lowest BCUT2D eigenvalue weighted by Gasteiger charge is -2.30. The predicted octanol–water partition coefficient (Wildman–Crippen LogP) is 2.96. The molecule has 3 heteroatoms. The molecule has 106 valence electrons. The molecule has 19 heavy (non-hydrogen) atoms. The van der Waals surface area contributed by atoms with E-state index in [1.54, 1.807) is 7.11 Å². The molecule has 0 aliphatic carbocycles. The van der Waals surface area contributed by atoms with Gasteiger partial charge in [0.05, 0.1) is 7.11 Å². The maximum atomic E-state index is 6.47. The molecule has 0 amide bonds. The zero-order chi connectivity index (χ0) is 13.8. The third-order valence-electron chi connectivity index (χ3n) is 4.06. The fourth-order valence-corrected chi connectivity index (χ4v) is 2.77. The molecular formula is C16H26N2O. The van der Waals surface area contributed by atoms with Gasteiger partial charge in [-0.25, -0.2) is 0 Å². The van der Waals surface area contributed by atoms with Crippen LogP contribution in [-0.4, -0.2) is 19.7 Å². The first kappa shape index (κ1) is 14.4. The molecule has 1 aliphatic rings. The van der Waals surface area contributed by atoms with Gasteiger partial charge in [-0.15, -0.1) is 0 Å². The molecule has 2 atom stereocenters. The SMILES string of the molecule is COc1ccc(C(C)C)cc1C(N)C1CCCCN1. The molecule has 2 unspecified atom stereocenters. The van der Waals surface area contributed by atoms with Crippen molar-refractivity contribution in [3.8, 4) is 5.75 Å². The van der Waals surface area contributed by atoms with E-state index in [0.717, 1.165) is 24.3 Å². The highest BCUT2D eigenvalue weighted by Crippen LogP contribution is 2.31. The number of nitrogens with one attached hydrogen (secondary N) is 1. The van der Waals surface area contributed by atoms with E-state index in [4.69, 9.17) is 10.5 Å². The number of benzene rings is 1. The lowest BCUT2D eigenvalue weighted by molar-refractivity contribution is 0.342. The van der Waals surface area contributed by atoms with Crippen LogP contribution in [0.5, 0.6) is 5.75 Å². The average Bonchev–Trinajstić information content (AvgIpc) is 2.46. The molecule has 1 saturated heterocycles. The average molecular weight is 262 g/mol. The van der Waals surface area contributed by atoms with Crippen molar-refractivity contribution >= 4 is 0 Å². The molecule has 1 heterocycles. The van der Waals surface area contributed by atoms with Gasteiger partial charge in [0.25, 0.3) is 0 Å². The minimum Gasteiger partial charge on any atom is -0.496 e. The van der Waals surface area contributed by atoms with Crippen LogP contribution in [0.2, 0.25) is 0 Å². The molecule has 1 aromatic rings. The van der Waals surface area contributed by atoms with Crippen molar-refractivity contribution in [1.29, 1.82) is 0 Å². The van der Waals surface area contributed by atoms with Crippen molar-refractivity contribution in [1.82, 2.24) is 5.32 Å². The molecule has 0 saturated carbocycles. The fraction of sp³-hybridized carbons (Fsp3) is 0.625. The van der Waals surface area contributed by atoms with Crippen molar-refractivity contribution < 1.29 is 4.74 Å². The van der Waals surface area contributed by atoms with E-state index >= 15 is 0 Å². The fourth-order valence-electron chi connectivity index (χ4n) is 2.77. The van der Waals surface area contributed by atoms with E-state index < -0.39 is 0 Å². The minimum absolute atomic E-state index is 0.00829. The summed E-state index contributed by atoms with van der Waals surface area (Å²) < 4.78 is 5.48. The van der Waals surface area contributed by atoms with Gasteiger partial charge in [-0.05, 0) is 36.9 Å². The quantitative estimate of drug-likeness (QED) is 0.877. The van der Waals surface area contributed by atoms with Crippen LogP contribution in [-0.2, 0) is 0 Å². The summed E-state index contributed by atoms with van der Waals surface area (Å²) in [5.74, 6) is 1.42. The topological polar surface area (TPSA) is 47.3 Å². The molecule has 0 bridgehead atoms. The van der Waals surface area contributed by atoms with Gasteiger partial charge in [0.15, 0.2) is 0 Å². The van der Waals surface area contributed by atoms with Crippen LogP contribution in [0.25, 0.3) is 0 Å². The number of hydrogen-bond donors (Lipinski definition) is 2. The smallest absolute Gasteiger partial charge is 0.123 e. The second-order valence-electron chi connectivity index (χ2n) is 5.74. The van der Waals surface area contributed by atoms with Gasteiger partial charge < -0.3 is 15.8 Å². The van der Waals surface area contributed by atoms with E-state index in [0.29, 0.717) is 12.0 Å². The predicted molar refractivity (Wildman–Crippen MR) is 79.7 cm³/mol. The summed E-state index contributed by atoms with van der Waals surface area (Å²) in [6.45, 7) is 5.48. The largest absolute Gasteiger partial charge is 0.496 e. The molecule has 3 nitrogen and oxygen atoms in total. The highest BCUT2D eigenvalue weighted by atomic mass is 16.5. The number of nitrogens with two attached hydrogens (primary N) is 1. The van der Waals surface area contributed by atoms with E-state index in [9.17, 15) is 0 Å². The van der Waals surface area contributed by atoms with Gasteiger partial charge in [0.1, 0.15) is 5.75 Å². The Balaban J connectivity index is 2.27. The summed E-state index contributed by atoms with van der Waals surface area (Å²) in [6, 6.07) is 6.77. The number of ether oxygens (including phenoxy) is 1. The minimum atomic E-state index is 0.00829. The molecule has 3 N–H and O–H groups in total. The van der Waals surface area contributed by atoms with E-state index in [1.807, 2.05) is 6.07 Å². The number of hydrogen-bond acceptors (Lipinski definition) is 3. The van der Waals surface area contributed by atoms with Crippen molar-refractivity contribution in [3.63, 3.8) is 0 Å². The Morgan fingerprint density at radius 1 is 1.32 bits per heavy atom. The summed E-state index contributed by atoms with van der Waals surface area (Å²) in [5, 5.41) is 3.54. The van der Waals surface area contributed by atoms with Gasteiger partial charge in [-0.3, -0.25) is 0 Å². The van der Waals surface area contributed by atoms with Crippen LogP contribution in [0.15, 0.2) is 18.2 Å². The van der Waals surface area contributed by atoms with Gasteiger partial charge in [0, 0.05) is 17.6 Å². The summed E-state index contributed by atoms with van der Waals surface area (Å²) in [7, 11) is 1.72. The Morgan fingerprint density at radius 2 is 2.11 bits per heavy atom. The monoisotopic (exact) mass is 262 g/mol. The highest BCUT2D eigenvalue weighted by molar-refractivity contribution is 5.41. The third-order valence-corrected chi connectivity index (χ3v) is 4.06. The molecule has 1 fully saturated rings. The first-order valence-corrected chi connectivity index (χ1v) is 7.30. The van der Waals surface area contributed by atoms with Crippen molar-refractivity contribution in [3.05, 3.63) is 29.3 Å².